The Morgan fingerprint density at radius 1 is 1.21 bits per heavy atom. The fraction of sp³-hybridized carbons (Fsp3) is 0.938. The van der Waals surface area contributed by atoms with Crippen LogP contribution in [0.4, 0.5) is 0 Å². The molecule has 1 aliphatic rings. The molecule has 1 saturated heterocycles. The number of rotatable bonds is 10. The summed E-state index contributed by atoms with van der Waals surface area (Å²) in [7, 11) is 0. The number of ketones is 1. The van der Waals surface area contributed by atoms with Crippen molar-refractivity contribution < 1.29 is 14.3 Å². The van der Waals surface area contributed by atoms with Crippen LogP contribution in [-0.4, -0.2) is 24.8 Å². The minimum Gasteiger partial charge on any atom is -0.353 e. The third kappa shape index (κ3) is 6.53. The van der Waals surface area contributed by atoms with Gasteiger partial charge in [0.25, 0.3) is 0 Å². The second-order valence-electron chi connectivity index (χ2n) is 5.73. The first kappa shape index (κ1) is 16.6. The highest BCUT2D eigenvalue weighted by Gasteiger charge is 2.35. The van der Waals surface area contributed by atoms with Crippen LogP contribution in [0.1, 0.15) is 72.1 Å². The van der Waals surface area contributed by atoms with E-state index in [1.807, 2.05) is 0 Å². The molecule has 112 valence electrons. The third-order valence-corrected chi connectivity index (χ3v) is 3.79. The first-order chi connectivity index (χ1) is 9.17. The number of carbonyl (C=O) groups is 1. The lowest BCUT2D eigenvalue weighted by Crippen LogP contribution is -2.18. The number of Topliss-reactive ketones (excluding diaryl/α,β-unsaturated/α-hetero) is 1. The molecule has 1 unspecified atom stereocenters. The summed E-state index contributed by atoms with van der Waals surface area (Å²) in [5.74, 6) is 0.629. The highest BCUT2D eigenvalue weighted by molar-refractivity contribution is 5.75. The standard InChI is InChI=1S/C16H30O3/c1-4-6-8-9-15-14(11-13(3)17)12-16(19-15)18-10-7-5-2/h14-16H,4-12H2,1-3H3/t14-,15+,16?/m1/s1. The Hall–Kier alpha value is -0.410. The van der Waals surface area contributed by atoms with Crippen LogP contribution in [0.15, 0.2) is 0 Å². The zero-order valence-electron chi connectivity index (χ0n) is 12.8. The Labute approximate surface area is 118 Å². The SMILES string of the molecule is CCCCC[C@@H]1OC(OCCCC)C[C@H]1CC(C)=O. The molecule has 0 saturated carbocycles. The normalized spacial score (nSPS) is 26.8. The number of hydrogen-bond acceptors (Lipinski definition) is 3. The molecule has 0 N–H and O–H groups in total. The van der Waals surface area contributed by atoms with E-state index in [1.165, 1.54) is 19.3 Å². The van der Waals surface area contributed by atoms with E-state index in [0.717, 1.165) is 32.3 Å². The summed E-state index contributed by atoms with van der Waals surface area (Å²) >= 11 is 0. The van der Waals surface area contributed by atoms with Crippen molar-refractivity contribution in [3.8, 4) is 0 Å². The molecule has 1 heterocycles. The Morgan fingerprint density at radius 2 is 1.95 bits per heavy atom. The van der Waals surface area contributed by atoms with Crippen LogP contribution in [0.25, 0.3) is 0 Å². The molecule has 0 bridgehead atoms. The Bertz CT molecular complexity index is 252. The van der Waals surface area contributed by atoms with Gasteiger partial charge in [-0.3, -0.25) is 0 Å². The third-order valence-electron chi connectivity index (χ3n) is 3.79. The summed E-state index contributed by atoms with van der Waals surface area (Å²) < 4.78 is 11.8. The van der Waals surface area contributed by atoms with Crippen molar-refractivity contribution in [1.29, 1.82) is 0 Å². The maximum atomic E-state index is 11.3. The second-order valence-corrected chi connectivity index (χ2v) is 5.73. The maximum absolute atomic E-state index is 11.3. The van der Waals surface area contributed by atoms with Gasteiger partial charge in [0, 0.05) is 19.4 Å². The average Bonchev–Trinajstić information content (AvgIpc) is 2.72. The Morgan fingerprint density at radius 3 is 2.58 bits per heavy atom. The van der Waals surface area contributed by atoms with Gasteiger partial charge in [-0.15, -0.1) is 0 Å². The first-order valence-electron chi connectivity index (χ1n) is 7.93. The predicted octanol–water partition coefficient (Wildman–Crippen LogP) is 4.09. The minimum atomic E-state index is -0.0810. The van der Waals surface area contributed by atoms with Crippen molar-refractivity contribution in [3.05, 3.63) is 0 Å². The summed E-state index contributed by atoms with van der Waals surface area (Å²) in [6.45, 7) is 6.81. The van der Waals surface area contributed by atoms with Crippen LogP contribution in [0, 0.1) is 5.92 Å². The highest BCUT2D eigenvalue weighted by Crippen LogP contribution is 2.33. The molecule has 1 aliphatic heterocycles. The van der Waals surface area contributed by atoms with E-state index in [1.54, 1.807) is 6.92 Å². The monoisotopic (exact) mass is 270 g/mol. The molecule has 0 aromatic rings. The molecule has 19 heavy (non-hydrogen) atoms. The molecule has 3 heteroatoms. The smallest absolute Gasteiger partial charge is 0.158 e. The Kier molecular flexibility index (Phi) is 8.31. The van der Waals surface area contributed by atoms with Crippen LogP contribution in [0.5, 0.6) is 0 Å². The van der Waals surface area contributed by atoms with Crippen LogP contribution >= 0.6 is 0 Å². The van der Waals surface area contributed by atoms with Gasteiger partial charge < -0.3 is 14.3 Å². The van der Waals surface area contributed by atoms with Gasteiger partial charge in [0.2, 0.25) is 0 Å². The molecule has 0 aromatic carbocycles. The summed E-state index contributed by atoms with van der Waals surface area (Å²) in [4.78, 5) is 11.3. The number of carbonyl (C=O) groups excluding carboxylic acids is 1. The first-order valence-corrected chi connectivity index (χ1v) is 7.93. The van der Waals surface area contributed by atoms with Gasteiger partial charge in [-0.25, -0.2) is 0 Å². The topological polar surface area (TPSA) is 35.5 Å². The fourth-order valence-corrected chi connectivity index (χ4v) is 2.71. The lowest BCUT2D eigenvalue weighted by atomic mass is 9.92. The van der Waals surface area contributed by atoms with Crippen molar-refractivity contribution in [3.63, 3.8) is 0 Å². The van der Waals surface area contributed by atoms with Crippen molar-refractivity contribution in [2.24, 2.45) is 5.92 Å². The van der Waals surface area contributed by atoms with Gasteiger partial charge in [0.15, 0.2) is 6.29 Å². The van der Waals surface area contributed by atoms with Crippen molar-refractivity contribution >= 4 is 5.78 Å². The molecule has 1 fully saturated rings. The number of hydrogen-bond donors (Lipinski definition) is 0. The van der Waals surface area contributed by atoms with E-state index in [4.69, 9.17) is 9.47 Å². The van der Waals surface area contributed by atoms with Gasteiger partial charge in [-0.1, -0.05) is 39.5 Å². The second kappa shape index (κ2) is 9.49. The molecule has 0 aliphatic carbocycles. The molecule has 1 rings (SSSR count). The van der Waals surface area contributed by atoms with Gasteiger partial charge in [0.1, 0.15) is 5.78 Å². The van der Waals surface area contributed by atoms with E-state index in [2.05, 4.69) is 13.8 Å². The summed E-state index contributed by atoms with van der Waals surface area (Å²) in [5, 5.41) is 0. The van der Waals surface area contributed by atoms with Gasteiger partial charge in [0.05, 0.1) is 6.10 Å². The molecule has 0 radical (unpaired) electrons. The van der Waals surface area contributed by atoms with E-state index >= 15 is 0 Å². The quantitative estimate of drug-likeness (QED) is 0.561. The van der Waals surface area contributed by atoms with Crippen molar-refractivity contribution in [1.82, 2.24) is 0 Å². The van der Waals surface area contributed by atoms with Gasteiger partial charge >= 0.3 is 0 Å². The van der Waals surface area contributed by atoms with Crippen LogP contribution < -0.4 is 0 Å². The molecule has 0 spiro atoms. The molecule has 3 nitrogen and oxygen atoms in total. The average molecular weight is 270 g/mol. The summed E-state index contributed by atoms with van der Waals surface area (Å²) in [5.41, 5.74) is 0. The molecule has 3 atom stereocenters. The number of unbranched alkanes of at least 4 members (excludes halogenated alkanes) is 3. The van der Waals surface area contributed by atoms with E-state index in [9.17, 15) is 4.79 Å². The zero-order valence-corrected chi connectivity index (χ0v) is 12.8. The predicted molar refractivity (Wildman–Crippen MR) is 77.1 cm³/mol. The number of ether oxygens (including phenoxy) is 2. The van der Waals surface area contributed by atoms with E-state index < -0.39 is 0 Å². The molecular formula is C16H30O3. The fourth-order valence-electron chi connectivity index (χ4n) is 2.71. The van der Waals surface area contributed by atoms with E-state index in [-0.39, 0.29) is 18.2 Å². The zero-order chi connectivity index (χ0) is 14.1. The van der Waals surface area contributed by atoms with Gasteiger partial charge in [-0.05, 0) is 25.7 Å². The van der Waals surface area contributed by atoms with Gasteiger partial charge in [-0.2, -0.15) is 0 Å². The van der Waals surface area contributed by atoms with Crippen LogP contribution in [0.3, 0.4) is 0 Å². The van der Waals surface area contributed by atoms with Crippen molar-refractivity contribution in [2.75, 3.05) is 6.61 Å². The highest BCUT2D eigenvalue weighted by atomic mass is 16.7. The minimum absolute atomic E-state index is 0.0810. The summed E-state index contributed by atoms with van der Waals surface area (Å²) in [6.07, 6.45) is 8.63. The summed E-state index contributed by atoms with van der Waals surface area (Å²) in [6, 6.07) is 0. The van der Waals surface area contributed by atoms with Crippen LogP contribution in [-0.2, 0) is 14.3 Å². The van der Waals surface area contributed by atoms with E-state index in [0.29, 0.717) is 12.3 Å². The maximum Gasteiger partial charge on any atom is 0.158 e. The van der Waals surface area contributed by atoms with Crippen molar-refractivity contribution in [2.45, 2.75) is 84.5 Å². The largest absolute Gasteiger partial charge is 0.353 e. The lowest BCUT2D eigenvalue weighted by Gasteiger charge is -2.17. The molecule has 0 aromatic heterocycles. The Balaban J connectivity index is 2.38. The molecule has 0 amide bonds. The van der Waals surface area contributed by atoms with Crippen LogP contribution in [0.2, 0.25) is 0 Å². The lowest BCUT2D eigenvalue weighted by molar-refractivity contribution is -0.136. The molecular weight excluding hydrogens is 240 g/mol.